The van der Waals surface area contributed by atoms with E-state index in [4.69, 9.17) is 23.7 Å². The van der Waals surface area contributed by atoms with Crippen LogP contribution in [0, 0.1) is 11.3 Å². The highest BCUT2D eigenvalue weighted by molar-refractivity contribution is 9.08. The summed E-state index contributed by atoms with van der Waals surface area (Å²) in [6.45, 7) is 4.39. The second-order valence-electron chi connectivity index (χ2n) is 7.28. The average molecular weight is 526 g/mol. The highest BCUT2D eigenvalue weighted by Gasteiger charge is 2.52. The molecule has 0 bridgehead atoms. The predicted octanol–water partition coefficient (Wildman–Crippen LogP) is 2.25. The van der Waals surface area contributed by atoms with E-state index in [9.17, 15) is 24.4 Å². The summed E-state index contributed by atoms with van der Waals surface area (Å²) in [4.78, 5) is 47.0. The van der Waals surface area contributed by atoms with Gasteiger partial charge in [0.05, 0.1) is 11.6 Å². The molecule has 0 radical (unpaired) electrons. The molecule has 178 valence electrons. The Morgan fingerprint density at radius 3 is 2.03 bits per heavy atom. The van der Waals surface area contributed by atoms with Crippen LogP contribution >= 0.6 is 15.9 Å². The van der Waals surface area contributed by atoms with Crippen molar-refractivity contribution in [1.29, 1.82) is 5.26 Å². The number of nitriles is 1. The molecule has 0 spiro atoms. The number of alkyl halides is 1. The summed E-state index contributed by atoms with van der Waals surface area (Å²) in [6.07, 6.45) is -5.70. The van der Waals surface area contributed by atoms with Crippen LogP contribution < -0.4 is 0 Å². The Kier molecular flexibility index (Phi) is 9.37. The van der Waals surface area contributed by atoms with Crippen LogP contribution in [0.1, 0.15) is 50.5 Å². The number of nitrogens with zero attached hydrogens (tertiary/aromatic N) is 1. The Hall–Kier alpha value is -2.97. The molecule has 1 heterocycles. The highest BCUT2D eigenvalue weighted by Crippen LogP contribution is 2.38. The Bertz CT molecular complexity index is 958. The third-order valence-electron chi connectivity index (χ3n) is 4.71. The van der Waals surface area contributed by atoms with E-state index in [0.29, 0.717) is 22.0 Å². The maximum absolute atomic E-state index is 11.9. The Labute approximate surface area is 199 Å². The minimum atomic E-state index is -1.25. The van der Waals surface area contributed by atoms with E-state index in [1.54, 1.807) is 18.2 Å². The van der Waals surface area contributed by atoms with Crippen LogP contribution in [-0.4, -0.2) is 54.9 Å². The van der Waals surface area contributed by atoms with E-state index in [2.05, 4.69) is 22.0 Å². The maximum atomic E-state index is 11.9. The van der Waals surface area contributed by atoms with Gasteiger partial charge in [0.2, 0.25) is 0 Å². The van der Waals surface area contributed by atoms with Gasteiger partial charge in [-0.25, -0.2) is 0 Å². The molecule has 33 heavy (non-hydrogen) atoms. The fourth-order valence-corrected chi connectivity index (χ4v) is 3.97. The van der Waals surface area contributed by atoms with Gasteiger partial charge < -0.3 is 23.7 Å². The standard InChI is InChI=1S/C22H24BrNO9/c1-11(25)29-10-18-20(30-12(2)26)22(32-14(4)28)21(31-13(3)27)19(33-18)15-5-6-16(9-24)17(7-15)8-23/h5-7,18-22H,8,10H2,1-4H3. The summed E-state index contributed by atoms with van der Waals surface area (Å²) in [5.41, 5.74) is 1.60. The summed E-state index contributed by atoms with van der Waals surface area (Å²) in [6, 6.07) is 6.97. The van der Waals surface area contributed by atoms with Gasteiger partial charge >= 0.3 is 23.9 Å². The van der Waals surface area contributed by atoms with E-state index in [0.717, 1.165) is 13.8 Å². The summed E-state index contributed by atoms with van der Waals surface area (Å²) in [5.74, 6) is -2.68. The maximum Gasteiger partial charge on any atom is 0.303 e. The van der Waals surface area contributed by atoms with Gasteiger partial charge in [-0.2, -0.15) is 5.26 Å². The zero-order valence-electron chi connectivity index (χ0n) is 18.5. The molecule has 0 aromatic heterocycles. The largest absolute Gasteiger partial charge is 0.463 e. The number of carbonyl (C=O) groups is 4. The number of carbonyl (C=O) groups excluding carboxylic acids is 4. The SMILES string of the molecule is CC(=O)OCC1OC(c2ccc(C#N)c(CBr)c2)C(OC(C)=O)C(OC(C)=O)C1OC(C)=O. The van der Waals surface area contributed by atoms with Crippen molar-refractivity contribution < 1.29 is 42.9 Å². The van der Waals surface area contributed by atoms with Gasteiger partial charge in [-0.3, -0.25) is 19.2 Å². The van der Waals surface area contributed by atoms with Gasteiger partial charge in [-0.05, 0) is 17.2 Å². The lowest BCUT2D eigenvalue weighted by Gasteiger charge is -2.44. The molecule has 2 rings (SSSR count). The first-order chi connectivity index (χ1) is 15.6. The van der Waals surface area contributed by atoms with Crippen LogP contribution in [0.15, 0.2) is 18.2 Å². The van der Waals surface area contributed by atoms with E-state index >= 15 is 0 Å². The topological polar surface area (TPSA) is 138 Å². The molecular formula is C22H24BrNO9. The average Bonchev–Trinajstić information content (AvgIpc) is 2.73. The molecule has 5 atom stereocenters. The first-order valence-corrected chi connectivity index (χ1v) is 11.1. The lowest BCUT2D eigenvalue weighted by molar-refractivity contribution is -0.254. The number of hydrogen-bond donors (Lipinski definition) is 0. The van der Waals surface area contributed by atoms with Crippen molar-refractivity contribution in [2.45, 2.75) is 63.5 Å². The van der Waals surface area contributed by atoms with Crippen molar-refractivity contribution in [3.63, 3.8) is 0 Å². The summed E-state index contributed by atoms with van der Waals surface area (Å²) in [5, 5.41) is 9.69. The van der Waals surface area contributed by atoms with Crippen LogP contribution in [0.3, 0.4) is 0 Å². The Morgan fingerprint density at radius 1 is 0.939 bits per heavy atom. The Morgan fingerprint density at radius 2 is 1.52 bits per heavy atom. The molecule has 0 saturated carbocycles. The molecule has 10 nitrogen and oxygen atoms in total. The molecule has 1 aromatic rings. The van der Waals surface area contributed by atoms with Crippen molar-refractivity contribution in [2.24, 2.45) is 0 Å². The van der Waals surface area contributed by atoms with Crippen LogP contribution in [0.25, 0.3) is 0 Å². The second kappa shape index (κ2) is 11.8. The van der Waals surface area contributed by atoms with Crippen LogP contribution in [-0.2, 0) is 48.2 Å². The van der Waals surface area contributed by atoms with Crippen LogP contribution in [0.4, 0.5) is 0 Å². The number of ether oxygens (including phenoxy) is 5. The number of esters is 4. The molecule has 1 fully saturated rings. The molecule has 0 aliphatic carbocycles. The first kappa shape index (κ1) is 26.3. The van der Waals surface area contributed by atoms with Gasteiger partial charge in [-0.1, -0.05) is 28.1 Å². The highest BCUT2D eigenvalue weighted by atomic mass is 79.9. The molecule has 11 heteroatoms. The van der Waals surface area contributed by atoms with Crippen LogP contribution in [0.5, 0.6) is 0 Å². The number of rotatable bonds is 7. The lowest BCUT2D eigenvalue weighted by atomic mass is 9.89. The third-order valence-corrected chi connectivity index (χ3v) is 5.32. The normalized spacial score (nSPS) is 24.2. The van der Waals surface area contributed by atoms with E-state index in [1.807, 2.05) is 0 Å². The van der Waals surface area contributed by atoms with Crippen molar-refractivity contribution >= 4 is 39.8 Å². The summed E-state index contributed by atoms with van der Waals surface area (Å²) >= 11 is 3.34. The first-order valence-electron chi connectivity index (χ1n) is 9.96. The quantitative estimate of drug-likeness (QED) is 0.295. The zero-order valence-corrected chi connectivity index (χ0v) is 20.1. The number of hydrogen-bond acceptors (Lipinski definition) is 10. The summed E-state index contributed by atoms with van der Waals surface area (Å²) in [7, 11) is 0. The molecular weight excluding hydrogens is 502 g/mol. The zero-order chi connectivity index (χ0) is 24.7. The monoisotopic (exact) mass is 525 g/mol. The fourth-order valence-electron chi connectivity index (χ4n) is 3.51. The van der Waals surface area contributed by atoms with Gasteiger partial charge in [-0.15, -0.1) is 0 Å². The molecule has 0 amide bonds. The minimum Gasteiger partial charge on any atom is -0.463 e. The summed E-state index contributed by atoms with van der Waals surface area (Å²) < 4.78 is 27.4. The lowest BCUT2D eigenvalue weighted by Crippen LogP contribution is -2.59. The van der Waals surface area contributed by atoms with E-state index in [1.165, 1.54) is 13.8 Å². The van der Waals surface area contributed by atoms with E-state index < -0.39 is 54.4 Å². The minimum absolute atomic E-state index is 0.310. The molecule has 1 saturated heterocycles. The Balaban J connectivity index is 2.61. The molecule has 1 aliphatic heterocycles. The van der Waals surface area contributed by atoms with Crippen molar-refractivity contribution in [1.82, 2.24) is 0 Å². The second-order valence-corrected chi connectivity index (χ2v) is 7.84. The van der Waals surface area contributed by atoms with Crippen molar-refractivity contribution in [3.8, 4) is 6.07 Å². The van der Waals surface area contributed by atoms with Crippen LogP contribution in [0.2, 0.25) is 0 Å². The number of benzene rings is 1. The van der Waals surface area contributed by atoms with Gasteiger partial charge in [0.25, 0.3) is 0 Å². The van der Waals surface area contributed by atoms with Crippen molar-refractivity contribution in [2.75, 3.05) is 6.61 Å². The fraction of sp³-hybridized carbons (Fsp3) is 0.500. The molecule has 0 N–H and O–H groups in total. The molecule has 1 aliphatic rings. The smallest absolute Gasteiger partial charge is 0.303 e. The third kappa shape index (κ3) is 7.00. The number of halogens is 1. The van der Waals surface area contributed by atoms with Crippen molar-refractivity contribution in [3.05, 3.63) is 34.9 Å². The predicted molar refractivity (Wildman–Crippen MR) is 115 cm³/mol. The molecule has 1 aromatic carbocycles. The molecule has 5 unspecified atom stereocenters. The van der Waals surface area contributed by atoms with Gasteiger partial charge in [0, 0.05) is 33.0 Å². The van der Waals surface area contributed by atoms with Gasteiger partial charge in [0.1, 0.15) is 18.8 Å². The van der Waals surface area contributed by atoms with Gasteiger partial charge in [0.15, 0.2) is 18.3 Å². The van der Waals surface area contributed by atoms with E-state index in [-0.39, 0.29) is 6.61 Å².